The Morgan fingerprint density at radius 1 is 1.71 bits per heavy atom. The van der Waals surface area contributed by atoms with E-state index < -0.39 is 0 Å². The van der Waals surface area contributed by atoms with Gasteiger partial charge in [-0.3, -0.25) is 0 Å². The van der Waals surface area contributed by atoms with E-state index in [1.54, 1.807) is 10.9 Å². The van der Waals surface area contributed by atoms with Crippen LogP contribution in [0.25, 0.3) is 0 Å². The Bertz CT molecular complexity index is 287. The SMILES string of the molecule is CCC(C=O)CCCn1nncc1Br. The molecule has 0 bridgehead atoms. The Labute approximate surface area is 91.8 Å². The second kappa shape index (κ2) is 5.90. The van der Waals surface area contributed by atoms with Gasteiger partial charge < -0.3 is 4.79 Å². The summed E-state index contributed by atoms with van der Waals surface area (Å²) in [5, 5.41) is 7.65. The quantitative estimate of drug-likeness (QED) is 0.735. The summed E-state index contributed by atoms with van der Waals surface area (Å²) in [5.74, 6) is 0.192. The third-order valence-corrected chi connectivity index (χ3v) is 2.85. The van der Waals surface area contributed by atoms with Crippen LogP contribution in [0.4, 0.5) is 0 Å². The van der Waals surface area contributed by atoms with E-state index in [0.29, 0.717) is 0 Å². The van der Waals surface area contributed by atoms with Crippen LogP contribution in [0.3, 0.4) is 0 Å². The molecule has 0 fully saturated rings. The molecule has 78 valence electrons. The molecular weight excluding hydrogens is 246 g/mol. The van der Waals surface area contributed by atoms with Crippen molar-refractivity contribution in [1.29, 1.82) is 0 Å². The van der Waals surface area contributed by atoms with Crippen LogP contribution in [0.1, 0.15) is 26.2 Å². The van der Waals surface area contributed by atoms with Crippen molar-refractivity contribution >= 4 is 22.2 Å². The predicted molar refractivity (Wildman–Crippen MR) is 56.8 cm³/mol. The van der Waals surface area contributed by atoms with Crippen LogP contribution in [-0.4, -0.2) is 21.3 Å². The normalized spacial score (nSPS) is 12.7. The van der Waals surface area contributed by atoms with Gasteiger partial charge in [-0.05, 0) is 35.2 Å². The molecule has 0 saturated heterocycles. The maximum absolute atomic E-state index is 10.6. The highest BCUT2D eigenvalue weighted by molar-refractivity contribution is 9.10. The zero-order valence-electron chi connectivity index (χ0n) is 8.19. The number of aromatic nitrogens is 3. The van der Waals surface area contributed by atoms with Crippen molar-refractivity contribution in [1.82, 2.24) is 15.0 Å². The summed E-state index contributed by atoms with van der Waals surface area (Å²) >= 11 is 3.34. The zero-order valence-corrected chi connectivity index (χ0v) is 9.77. The van der Waals surface area contributed by atoms with Crippen molar-refractivity contribution in [2.24, 2.45) is 5.92 Å². The van der Waals surface area contributed by atoms with Gasteiger partial charge in [-0.1, -0.05) is 12.1 Å². The highest BCUT2D eigenvalue weighted by Crippen LogP contribution is 2.11. The fraction of sp³-hybridized carbons (Fsp3) is 0.667. The monoisotopic (exact) mass is 259 g/mol. The first kappa shape index (κ1) is 11.4. The van der Waals surface area contributed by atoms with Crippen molar-refractivity contribution in [2.45, 2.75) is 32.7 Å². The minimum Gasteiger partial charge on any atom is -0.303 e. The average molecular weight is 260 g/mol. The number of halogens is 1. The Kier molecular flexibility index (Phi) is 4.79. The van der Waals surface area contributed by atoms with Gasteiger partial charge in [0.2, 0.25) is 0 Å². The summed E-state index contributed by atoms with van der Waals surface area (Å²) in [5.41, 5.74) is 0. The molecule has 1 rings (SSSR count). The van der Waals surface area contributed by atoms with Crippen LogP contribution in [0, 0.1) is 5.92 Å². The minimum atomic E-state index is 0.192. The van der Waals surface area contributed by atoms with Crippen LogP contribution in [0.15, 0.2) is 10.8 Å². The number of carbonyl (C=O) groups is 1. The van der Waals surface area contributed by atoms with E-state index in [4.69, 9.17) is 0 Å². The van der Waals surface area contributed by atoms with Gasteiger partial charge in [0.05, 0.1) is 6.20 Å². The lowest BCUT2D eigenvalue weighted by Gasteiger charge is -2.06. The molecule has 0 amide bonds. The Balaban J connectivity index is 2.28. The smallest absolute Gasteiger partial charge is 0.124 e. The molecule has 0 radical (unpaired) electrons. The number of rotatable bonds is 6. The number of carbonyl (C=O) groups excluding carboxylic acids is 1. The second-order valence-corrected chi connectivity index (χ2v) is 4.04. The molecule has 1 heterocycles. The summed E-state index contributed by atoms with van der Waals surface area (Å²) in [4.78, 5) is 10.6. The predicted octanol–water partition coefficient (Wildman–Crippen LogP) is 2.05. The molecule has 0 aromatic carbocycles. The fourth-order valence-corrected chi connectivity index (χ4v) is 1.61. The van der Waals surface area contributed by atoms with Gasteiger partial charge in [0, 0.05) is 12.5 Å². The van der Waals surface area contributed by atoms with E-state index >= 15 is 0 Å². The summed E-state index contributed by atoms with van der Waals surface area (Å²) in [6.07, 6.45) is 5.50. The lowest BCUT2D eigenvalue weighted by molar-refractivity contribution is -0.111. The second-order valence-electron chi connectivity index (χ2n) is 3.23. The minimum absolute atomic E-state index is 0.192. The van der Waals surface area contributed by atoms with Gasteiger partial charge in [-0.2, -0.15) is 0 Å². The lowest BCUT2D eigenvalue weighted by atomic mass is 10.0. The molecule has 0 aliphatic rings. The molecule has 14 heavy (non-hydrogen) atoms. The van der Waals surface area contributed by atoms with Crippen molar-refractivity contribution in [2.75, 3.05) is 0 Å². The summed E-state index contributed by atoms with van der Waals surface area (Å²) < 4.78 is 2.67. The Morgan fingerprint density at radius 3 is 3.00 bits per heavy atom. The molecule has 1 aromatic heterocycles. The van der Waals surface area contributed by atoms with Crippen molar-refractivity contribution < 1.29 is 4.79 Å². The largest absolute Gasteiger partial charge is 0.303 e. The molecule has 1 atom stereocenters. The molecule has 1 aromatic rings. The standard InChI is InChI=1S/C9H14BrN3O/c1-2-8(7-14)4-3-5-13-9(10)6-11-12-13/h6-8H,2-5H2,1H3. The first-order chi connectivity index (χ1) is 6.77. The molecule has 0 N–H and O–H groups in total. The first-order valence-electron chi connectivity index (χ1n) is 4.77. The highest BCUT2D eigenvalue weighted by Gasteiger charge is 2.05. The molecule has 5 heteroatoms. The van der Waals surface area contributed by atoms with Crippen molar-refractivity contribution in [3.63, 3.8) is 0 Å². The molecule has 4 nitrogen and oxygen atoms in total. The average Bonchev–Trinajstić information content (AvgIpc) is 2.59. The van der Waals surface area contributed by atoms with Crippen LogP contribution in [0.5, 0.6) is 0 Å². The number of hydrogen-bond donors (Lipinski definition) is 0. The Hall–Kier alpha value is -0.710. The molecule has 0 spiro atoms. The molecule has 0 aliphatic carbocycles. The lowest BCUT2D eigenvalue weighted by Crippen LogP contribution is -2.05. The summed E-state index contributed by atoms with van der Waals surface area (Å²) in [6.45, 7) is 2.84. The topological polar surface area (TPSA) is 47.8 Å². The van der Waals surface area contributed by atoms with Gasteiger partial charge in [0.25, 0.3) is 0 Å². The van der Waals surface area contributed by atoms with Crippen molar-refractivity contribution in [3.8, 4) is 0 Å². The number of aldehydes is 1. The first-order valence-corrected chi connectivity index (χ1v) is 5.56. The van der Waals surface area contributed by atoms with Crippen molar-refractivity contribution in [3.05, 3.63) is 10.8 Å². The van der Waals surface area contributed by atoms with E-state index in [-0.39, 0.29) is 5.92 Å². The number of nitrogens with zero attached hydrogens (tertiary/aromatic N) is 3. The maximum Gasteiger partial charge on any atom is 0.124 e. The summed E-state index contributed by atoms with van der Waals surface area (Å²) in [7, 11) is 0. The van der Waals surface area contributed by atoms with Gasteiger partial charge in [0.15, 0.2) is 0 Å². The van der Waals surface area contributed by atoms with E-state index in [1.165, 1.54) is 0 Å². The van der Waals surface area contributed by atoms with Gasteiger partial charge >= 0.3 is 0 Å². The van der Waals surface area contributed by atoms with E-state index in [2.05, 4.69) is 26.2 Å². The molecule has 1 unspecified atom stereocenters. The van der Waals surface area contributed by atoms with Gasteiger partial charge in [-0.15, -0.1) is 5.10 Å². The number of aryl methyl sites for hydroxylation is 1. The number of hydrogen-bond acceptors (Lipinski definition) is 3. The van der Waals surface area contributed by atoms with Gasteiger partial charge in [0.1, 0.15) is 10.9 Å². The third-order valence-electron chi connectivity index (χ3n) is 2.23. The Morgan fingerprint density at radius 2 is 2.50 bits per heavy atom. The van der Waals surface area contributed by atoms with Crippen LogP contribution in [-0.2, 0) is 11.3 Å². The molecule has 0 aliphatic heterocycles. The zero-order chi connectivity index (χ0) is 10.4. The maximum atomic E-state index is 10.6. The van der Waals surface area contributed by atoms with E-state index in [0.717, 1.165) is 36.7 Å². The molecular formula is C9H14BrN3O. The van der Waals surface area contributed by atoms with Crippen LogP contribution < -0.4 is 0 Å². The summed E-state index contributed by atoms with van der Waals surface area (Å²) in [6, 6.07) is 0. The van der Waals surface area contributed by atoms with Crippen LogP contribution >= 0.6 is 15.9 Å². The highest BCUT2D eigenvalue weighted by atomic mass is 79.9. The van der Waals surface area contributed by atoms with E-state index in [1.807, 2.05) is 6.92 Å². The van der Waals surface area contributed by atoms with Crippen LogP contribution in [0.2, 0.25) is 0 Å². The third kappa shape index (κ3) is 3.21. The fourth-order valence-electron chi connectivity index (χ4n) is 1.27. The van der Waals surface area contributed by atoms with Gasteiger partial charge in [-0.25, -0.2) is 4.68 Å². The van der Waals surface area contributed by atoms with E-state index in [9.17, 15) is 4.79 Å². The molecule has 0 saturated carbocycles.